The summed E-state index contributed by atoms with van der Waals surface area (Å²) in [4.78, 5) is 14.4. The van der Waals surface area contributed by atoms with Crippen LogP contribution in [0.3, 0.4) is 0 Å². The summed E-state index contributed by atoms with van der Waals surface area (Å²) < 4.78 is 5.15. The Kier molecular flexibility index (Phi) is 8.38. The fraction of sp³-hybridized carbons (Fsp3) is 0.947. The molecule has 2 aliphatic rings. The van der Waals surface area contributed by atoms with E-state index in [4.69, 9.17) is 4.74 Å². The molecule has 0 aromatic carbocycles. The third-order valence-corrected chi connectivity index (χ3v) is 5.33. The predicted molar refractivity (Wildman–Crippen MR) is 94.5 cm³/mol. The zero-order valence-corrected chi connectivity index (χ0v) is 15.2. The van der Waals surface area contributed by atoms with E-state index in [-0.39, 0.29) is 5.97 Å². The number of likely N-dealkylation sites (tertiary alicyclic amines) is 1. The summed E-state index contributed by atoms with van der Waals surface area (Å²) >= 11 is 0. The van der Waals surface area contributed by atoms with Gasteiger partial charge in [-0.05, 0) is 57.5 Å². The van der Waals surface area contributed by atoms with Gasteiger partial charge in [-0.1, -0.05) is 26.2 Å². The maximum atomic E-state index is 11.8. The first kappa shape index (κ1) is 18.7. The van der Waals surface area contributed by atoms with Crippen molar-refractivity contribution in [3.05, 3.63) is 0 Å². The van der Waals surface area contributed by atoms with E-state index in [2.05, 4.69) is 17.1 Å². The second-order valence-corrected chi connectivity index (χ2v) is 7.48. The van der Waals surface area contributed by atoms with Gasteiger partial charge in [0.05, 0.1) is 6.61 Å². The van der Waals surface area contributed by atoms with Gasteiger partial charge in [0.15, 0.2) is 0 Å². The molecule has 4 heteroatoms. The highest BCUT2D eigenvalue weighted by Crippen LogP contribution is 2.25. The van der Waals surface area contributed by atoms with E-state index in [0.717, 1.165) is 38.5 Å². The fourth-order valence-electron chi connectivity index (χ4n) is 4.28. The van der Waals surface area contributed by atoms with Crippen LogP contribution in [0, 0.1) is 11.8 Å². The van der Waals surface area contributed by atoms with E-state index in [1.54, 1.807) is 0 Å². The van der Waals surface area contributed by atoms with Gasteiger partial charge in [-0.15, -0.1) is 0 Å². The minimum absolute atomic E-state index is 0.0260. The van der Waals surface area contributed by atoms with Crippen LogP contribution in [0.1, 0.15) is 65.2 Å². The first-order chi connectivity index (χ1) is 11.2. The van der Waals surface area contributed by atoms with E-state index in [1.807, 2.05) is 6.92 Å². The zero-order chi connectivity index (χ0) is 16.5. The van der Waals surface area contributed by atoms with Crippen LogP contribution >= 0.6 is 0 Å². The van der Waals surface area contributed by atoms with Crippen molar-refractivity contribution in [2.45, 2.75) is 71.3 Å². The van der Waals surface area contributed by atoms with Gasteiger partial charge in [-0.2, -0.15) is 0 Å². The number of carbonyl (C=O) groups excluding carboxylic acids is 1. The smallest absolute Gasteiger partial charge is 0.306 e. The molecule has 0 aromatic heterocycles. The molecule has 2 unspecified atom stereocenters. The molecule has 4 nitrogen and oxygen atoms in total. The molecular formula is C19H36N2O2. The van der Waals surface area contributed by atoms with Crippen molar-refractivity contribution in [2.24, 2.45) is 11.8 Å². The Labute approximate surface area is 142 Å². The average Bonchev–Trinajstić information content (AvgIpc) is 2.54. The minimum Gasteiger partial charge on any atom is -0.466 e. The summed E-state index contributed by atoms with van der Waals surface area (Å²) in [6.07, 6.45) is 9.90. The zero-order valence-electron chi connectivity index (χ0n) is 15.2. The predicted octanol–water partition coefficient (Wildman–Crippen LogP) is 3.21. The number of rotatable bonds is 8. The van der Waals surface area contributed by atoms with Crippen LogP contribution in [0.4, 0.5) is 0 Å². The van der Waals surface area contributed by atoms with Gasteiger partial charge in [0.2, 0.25) is 0 Å². The molecule has 0 radical (unpaired) electrons. The van der Waals surface area contributed by atoms with Crippen molar-refractivity contribution < 1.29 is 9.53 Å². The lowest BCUT2D eigenvalue weighted by Gasteiger charge is -2.38. The summed E-state index contributed by atoms with van der Waals surface area (Å²) in [6.45, 7) is 9.11. The van der Waals surface area contributed by atoms with Gasteiger partial charge in [-0.3, -0.25) is 4.79 Å². The van der Waals surface area contributed by atoms with Crippen molar-refractivity contribution in [1.29, 1.82) is 0 Å². The van der Waals surface area contributed by atoms with Crippen LogP contribution in [-0.4, -0.2) is 49.7 Å². The Bertz CT molecular complexity index is 342. The topological polar surface area (TPSA) is 41.6 Å². The molecule has 0 spiro atoms. The van der Waals surface area contributed by atoms with Gasteiger partial charge in [0.25, 0.3) is 0 Å². The molecule has 134 valence electrons. The fourth-order valence-corrected chi connectivity index (χ4v) is 4.28. The maximum Gasteiger partial charge on any atom is 0.306 e. The third kappa shape index (κ3) is 6.80. The maximum absolute atomic E-state index is 11.8. The van der Waals surface area contributed by atoms with Crippen molar-refractivity contribution in [1.82, 2.24) is 10.2 Å². The molecule has 0 bridgehead atoms. The van der Waals surface area contributed by atoms with Gasteiger partial charge < -0.3 is 15.0 Å². The van der Waals surface area contributed by atoms with E-state index < -0.39 is 0 Å². The highest BCUT2D eigenvalue weighted by Gasteiger charge is 2.29. The molecule has 23 heavy (non-hydrogen) atoms. The first-order valence-electron chi connectivity index (χ1n) is 9.82. The number of nitrogens with one attached hydrogen (secondary N) is 1. The molecule has 0 amide bonds. The lowest BCUT2D eigenvalue weighted by Crippen LogP contribution is -2.50. The molecule has 1 saturated heterocycles. The largest absolute Gasteiger partial charge is 0.466 e. The van der Waals surface area contributed by atoms with Gasteiger partial charge in [0, 0.05) is 25.6 Å². The second kappa shape index (κ2) is 10.3. The van der Waals surface area contributed by atoms with E-state index in [0.29, 0.717) is 25.0 Å². The number of carbonyl (C=O) groups is 1. The van der Waals surface area contributed by atoms with E-state index >= 15 is 0 Å². The monoisotopic (exact) mass is 324 g/mol. The quantitative estimate of drug-likeness (QED) is 0.696. The molecule has 0 aromatic rings. The normalized spacial score (nSPS) is 27.0. The number of hydrogen-bond donors (Lipinski definition) is 1. The molecule has 1 N–H and O–H groups in total. The lowest BCUT2D eigenvalue weighted by atomic mass is 9.88. The number of hydrogen-bond acceptors (Lipinski definition) is 4. The number of piperidine rings is 1. The highest BCUT2D eigenvalue weighted by atomic mass is 16.5. The highest BCUT2D eigenvalue weighted by molar-refractivity contribution is 5.69. The Morgan fingerprint density at radius 1 is 1.13 bits per heavy atom. The number of ether oxygens (including phenoxy) is 1. The van der Waals surface area contributed by atoms with Crippen LogP contribution in [0.5, 0.6) is 0 Å². The molecule has 2 fully saturated rings. The molecule has 1 aliphatic carbocycles. The van der Waals surface area contributed by atoms with Crippen LogP contribution in [0.2, 0.25) is 0 Å². The summed E-state index contributed by atoms with van der Waals surface area (Å²) in [5, 5.41) is 3.82. The van der Waals surface area contributed by atoms with Crippen molar-refractivity contribution in [3.8, 4) is 0 Å². The van der Waals surface area contributed by atoms with Crippen LogP contribution in [-0.2, 0) is 9.53 Å². The van der Waals surface area contributed by atoms with Crippen molar-refractivity contribution >= 4 is 5.97 Å². The number of nitrogens with zero attached hydrogens (tertiary/aromatic N) is 1. The molecule has 2 rings (SSSR count). The summed E-state index contributed by atoms with van der Waals surface area (Å²) in [5.41, 5.74) is 0. The number of esters is 1. The molecule has 2 atom stereocenters. The summed E-state index contributed by atoms with van der Waals surface area (Å²) in [7, 11) is 0. The van der Waals surface area contributed by atoms with E-state index in [1.165, 1.54) is 38.5 Å². The standard InChI is InChI=1S/C19H36N2O2/c1-3-10-21-14-17(12-19(22)23-4-2)11-18(15-21)20-13-16-8-6-5-7-9-16/h16-18,20H,3-15H2,1-2H3. The summed E-state index contributed by atoms with van der Waals surface area (Å²) in [5.74, 6) is 1.29. The van der Waals surface area contributed by atoms with E-state index in [9.17, 15) is 4.79 Å². The van der Waals surface area contributed by atoms with Crippen LogP contribution < -0.4 is 5.32 Å². The lowest BCUT2D eigenvalue weighted by molar-refractivity contribution is -0.144. The molecule has 1 saturated carbocycles. The Hall–Kier alpha value is -0.610. The molecule has 1 heterocycles. The van der Waals surface area contributed by atoms with Crippen molar-refractivity contribution in [3.63, 3.8) is 0 Å². The minimum atomic E-state index is -0.0260. The van der Waals surface area contributed by atoms with Gasteiger partial charge >= 0.3 is 5.97 Å². The van der Waals surface area contributed by atoms with Crippen LogP contribution in [0.15, 0.2) is 0 Å². The SMILES string of the molecule is CCCN1CC(CC(=O)OCC)CC(NCC2CCCCC2)C1. The third-order valence-electron chi connectivity index (χ3n) is 5.33. The Morgan fingerprint density at radius 3 is 2.61 bits per heavy atom. The van der Waals surface area contributed by atoms with Crippen molar-refractivity contribution in [2.75, 3.05) is 32.8 Å². The first-order valence-corrected chi connectivity index (χ1v) is 9.82. The van der Waals surface area contributed by atoms with Crippen LogP contribution in [0.25, 0.3) is 0 Å². The Morgan fingerprint density at radius 2 is 1.91 bits per heavy atom. The summed E-state index contributed by atoms with van der Waals surface area (Å²) in [6, 6.07) is 0.539. The molecular weight excluding hydrogens is 288 g/mol. The molecule has 1 aliphatic heterocycles. The van der Waals surface area contributed by atoms with Gasteiger partial charge in [0.1, 0.15) is 0 Å². The Balaban J connectivity index is 1.80. The average molecular weight is 325 g/mol. The van der Waals surface area contributed by atoms with Gasteiger partial charge in [-0.25, -0.2) is 0 Å². The second-order valence-electron chi connectivity index (χ2n) is 7.48.